The van der Waals surface area contributed by atoms with Gasteiger partial charge in [0, 0.05) is 6.42 Å². The lowest BCUT2D eigenvalue weighted by atomic mass is 10.1. The Morgan fingerprint density at radius 3 is 2.38 bits per heavy atom. The summed E-state index contributed by atoms with van der Waals surface area (Å²) in [5.74, 6) is 0. The summed E-state index contributed by atoms with van der Waals surface area (Å²) in [6.45, 7) is 1.90. The molecule has 0 radical (unpaired) electrons. The Balaban J connectivity index is 2.49. The van der Waals surface area contributed by atoms with Crippen molar-refractivity contribution >= 4 is 13.4 Å². The average Bonchev–Trinajstić information content (AvgIpc) is 2.50. The van der Waals surface area contributed by atoms with Gasteiger partial charge < -0.3 is 24.7 Å². The van der Waals surface area contributed by atoms with Crippen LogP contribution in [0.1, 0.15) is 12.0 Å². The molecule has 0 aliphatic rings. The summed E-state index contributed by atoms with van der Waals surface area (Å²) in [4.78, 5) is 4.90. The predicted molar refractivity (Wildman–Crippen MR) is 86.8 cm³/mol. The SMILES string of the molecule is CP(C)(=O)C(F)(F)C[C@@H](O)[C@@H](O)[C@@H](O)/C=N\OCc1ccccc1. The molecule has 0 aliphatic heterocycles. The zero-order chi connectivity index (χ0) is 18.4. The van der Waals surface area contributed by atoms with Crippen molar-refractivity contribution in [1.29, 1.82) is 0 Å². The maximum atomic E-state index is 13.6. The number of benzene rings is 1. The Morgan fingerprint density at radius 2 is 1.83 bits per heavy atom. The van der Waals surface area contributed by atoms with E-state index in [0.717, 1.165) is 25.1 Å². The Hall–Kier alpha value is -1.34. The van der Waals surface area contributed by atoms with Crippen LogP contribution in [0.15, 0.2) is 35.5 Å². The van der Waals surface area contributed by atoms with Gasteiger partial charge in [-0.1, -0.05) is 35.5 Å². The van der Waals surface area contributed by atoms with Gasteiger partial charge in [-0.2, -0.15) is 8.78 Å². The summed E-state index contributed by atoms with van der Waals surface area (Å²) in [6.07, 6.45) is -6.02. The molecule has 0 spiro atoms. The molecular weight excluding hydrogens is 343 g/mol. The maximum Gasteiger partial charge on any atom is 0.300 e. The second-order valence-corrected chi connectivity index (χ2v) is 9.14. The van der Waals surface area contributed by atoms with E-state index in [9.17, 15) is 28.7 Å². The van der Waals surface area contributed by atoms with Gasteiger partial charge in [0.25, 0.3) is 5.66 Å². The number of alkyl halides is 2. The van der Waals surface area contributed by atoms with Crippen molar-refractivity contribution < 1.29 is 33.5 Å². The molecule has 0 unspecified atom stereocenters. The van der Waals surface area contributed by atoms with Gasteiger partial charge in [0.2, 0.25) is 0 Å². The molecule has 0 heterocycles. The van der Waals surface area contributed by atoms with Gasteiger partial charge in [-0.25, -0.2) is 0 Å². The Bertz CT molecular complexity index is 578. The zero-order valence-electron chi connectivity index (χ0n) is 13.4. The van der Waals surface area contributed by atoms with Crippen molar-refractivity contribution in [2.24, 2.45) is 5.16 Å². The number of hydrogen-bond donors (Lipinski definition) is 3. The predicted octanol–water partition coefficient (Wildman–Crippen LogP) is 1.88. The molecule has 1 rings (SSSR count). The number of oxime groups is 1. The second-order valence-electron chi connectivity index (χ2n) is 5.78. The molecule has 0 aromatic heterocycles. The van der Waals surface area contributed by atoms with Gasteiger partial charge in [-0.3, -0.25) is 0 Å². The van der Waals surface area contributed by atoms with Gasteiger partial charge in [-0.05, 0) is 18.9 Å². The van der Waals surface area contributed by atoms with Crippen LogP contribution >= 0.6 is 7.14 Å². The largest absolute Gasteiger partial charge is 0.391 e. The first-order chi connectivity index (χ1) is 11.0. The van der Waals surface area contributed by atoms with Crippen LogP contribution in [0.25, 0.3) is 0 Å². The van der Waals surface area contributed by atoms with E-state index in [-0.39, 0.29) is 6.61 Å². The molecule has 1 aromatic carbocycles. The van der Waals surface area contributed by atoms with Crippen molar-refractivity contribution in [3.05, 3.63) is 35.9 Å². The number of halogens is 2. The van der Waals surface area contributed by atoms with E-state index < -0.39 is 37.5 Å². The van der Waals surface area contributed by atoms with Crippen LogP contribution in [0.3, 0.4) is 0 Å². The molecule has 24 heavy (non-hydrogen) atoms. The van der Waals surface area contributed by atoms with Gasteiger partial charge in [0.1, 0.15) is 26.0 Å². The van der Waals surface area contributed by atoms with Crippen LogP contribution in [0.2, 0.25) is 0 Å². The van der Waals surface area contributed by atoms with Crippen LogP contribution in [-0.4, -0.2) is 58.8 Å². The highest BCUT2D eigenvalue weighted by atomic mass is 31.2. The smallest absolute Gasteiger partial charge is 0.300 e. The lowest BCUT2D eigenvalue weighted by Gasteiger charge is -2.27. The molecule has 0 bridgehead atoms. The van der Waals surface area contributed by atoms with Crippen LogP contribution in [0, 0.1) is 0 Å². The van der Waals surface area contributed by atoms with Crippen LogP contribution in [0.5, 0.6) is 0 Å². The van der Waals surface area contributed by atoms with Crippen molar-refractivity contribution in [3.8, 4) is 0 Å². The van der Waals surface area contributed by atoms with Crippen molar-refractivity contribution in [3.63, 3.8) is 0 Å². The van der Waals surface area contributed by atoms with Gasteiger partial charge >= 0.3 is 0 Å². The molecule has 0 amide bonds. The minimum absolute atomic E-state index is 0.121. The summed E-state index contributed by atoms with van der Waals surface area (Å²) < 4.78 is 38.7. The van der Waals surface area contributed by atoms with E-state index in [2.05, 4.69) is 5.16 Å². The van der Waals surface area contributed by atoms with Crippen molar-refractivity contribution in [1.82, 2.24) is 0 Å². The monoisotopic (exact) mass is 365 g/mol. The second kappa shape index (κ2) is 8.67. The highest BCUT2D eigenvalue weighted by molar-refractivity contribution is 7.63. The van der Waals surface area contributed by atoms with Crippen LogP contribution in [-0.2, 0) is 16.0 Å². The summed E-state index contributed by atoms with van der Waals surface area (Å²) in [6, 6.07) is 9.02. The highest BCUT2D eigenvalue weighted by Crippen LogP contribution is 2.56. The molecular formula is C15H22F2NO5P. The number of aliphatic hydroxyl groups is 3. The third-order valence-corrected chi connectivity index (χ3v) is 5.11. The molecule has 1 aromatic rings. The molecule has 136 valence electrons. The molecule has 3 N–H and O–H groups in total. The van der Waals surface area contributed by atoms with E-state index in [1.54, 1.807) is 24.3 Å². The normalized spacial score (nSPS) is 16.8. The lowest BCUT2D eigenvalue weighted by Crippen LogP contribution is -2.41. The fourth-order valence-corrected chi connectivity index (χ4v) is 2.33. The molecule has 3 atom stereocenters. The first-order valence-electron chi connectivity index (χ1n) is 7.21. The summed E-state index contributed by atoms with van der Waals surface area (Å²) in [5.41, 5.74) is -2.82. The maximum absolute atomic E-state index is 13.6. The first-order valence-corrected chi connectivity index (χ1v) is 9.81. The minimum Gasteiger partial charge on any atom is -0.391 e. The third-order valence-electron chi connectivity index (χ3n) is 3.35. The number of nitrogens with zero attached hydrogens (tertiary/aromatic N) is 1. The van der Waals surface area contributed by atoms with Gasteiger partial charge in [0.05, 0.1) is 12.3 Å². The fourth-order valence-electron chi connectivity index (χ4n) is 1.70. The van der Waals surface area contributed by atoms with E-state index in [0.29, 0.717) is 0 Å². The Labute approximate surface area is 139 Å². The van der Waals surface area contributed by atoms with Crippen molar-refractivity contribution in [2.45, 2.75) is 37.0 Å². The highest BCUT2D eigenvalue weighted by Gasteiger charge is 2.46. The molecule has 0 saturated heterocycles. The van der Waals surface area contributed by atoms with Gasteiger partial charge in [0.15, 0.2) is 0 Å². The van der Waals surface area contributed by atoms with E-state index in [1.165, 1.54) is 0 Å². The zero-order valence-corrected chi connectivity index (χ0v) is 14.3. The Kier molecular flexibility index (Phi) is 7.48. The van der Waals surface area contributed by atoms with Crippen molar-refractivity contribution in [2.75, 3.05) is 13.3 Å². The quantitative estimate of drug-likeness (QED) is 0.353. The standard InChI is InChI=1S/C15H22F2NO5P/c1-24(2,22)15(16,17)8-12(19)14(21)13(20)9-18-23-10-11-6-4-3-5-7-11/h3-7,9,12-14,19-21H,8,10H2,1-2H3/b18-9-/t12-,13+,14-/m1/s1. The summed E-state index contributed by atoms with van der Waals surface area (Å²) in [5, 5.41) is 32.3. The topological polar surface area (TPSA) is 99.4 Å². The molecule has 6 nitrogen and oxygen atoms in total. The minimum atomic E-state index is -3.80. The first kappa shape index (κ1) is 20.7. The van der Waals surface area contributed by atoms with Crippen LogP contribution in [0.4, 0.5) is 8.78 Å². The van der Waals surface area contributed by atoms with E-state index in [1.807, 2.05) is 6.07 Å². The summed E-state index contributed by atoms with van der Waals surface area (Å²) in [7, 11) is -3.80. The number of rotatable bonds is 9. The number of aliphatic hydroxyl groups excluding tert-OH is 3. The Morgan fingerprint density at radius 1 is 1.25 bits per heavy atom. The third kappa shape index (κ3) is 6.28. The molecule has 0 fully saturated rings. The van der Waals surface area contributed by atoms with E-state index >= 15 is 0 Å². The molecule has 0 saturated carbocycles. The van der Waals surface area contributed by atoms with Gasteiger partial charge in [-0.15, -0.1) is 0 Å². The van der Waals surface area contributed by atoms with E-state index in [4.69, 9.17) is 4.84 Å². The molecule has 0 aliphatic carbocycles. The van der Waals surface area contributed by atoms with Crippen LogP contribution < -0.4 is 0 Å². The lowest BCUT2D eigenvalue weighted by molar-refractivity contribution is -0.0673. The summed E-state index contributed by atoms with van der Waals surface area (Å²) >= 11 is 0. The molecule has 9 heteroatoms. The fraction of sp³-hybridized carbons (Fsp3) is 0.533. The number of hydrogen-bond acceptors (Lipinski definition) is 6. The average molecular weight is 365 g/mol.